The van der Waals surface area contributed by atoms with E-state index in [1.54, 1.807) is 11.3 Å². The summed E-state index contributed by atoms with van der Waals surface area (Å²) in [4.78, 5) is 4.53. The standard InChI is InChI=1S/C17H10NS.C13H20N2.Ir/c1-2-4-13-11-14(6-5-12(13)3-1)17-15-8-10-19-16(15)7-9-18-17;1-10(2)14-13(15-11(3)4)12-8-6-5-7-9-12;/h1-5,7-11H;5-11,13H,1-4H3;/q-1;-2;+3. The zero-order valence-corrected chi connectivity index (χ0v) is 23.7. The molecular weight excluding hydrogens is 627 g/mol. The van der Waals surface area contributed by atoms with Crippen LogP contribution in [0.25, 0.3) is 42.7 Å². The molecule has 5 rings (SSSR count). The Morgan fingerprint density at radius 2 is 1.46 bits per heavy atom. The number of nitrogens with zero attached hydrogens (tertiary/aromatic N) is 3. The van der Waals surface area contributed by atoms with Crippen LogP contribution in [-0.4, -0.2) is 17.1 Å². The first-order chi connectivity index (χ1) is 16.5. The van der Waals surface area contributed by atoms with Gasteiger partial charge in [-0.15, -0.1) is 52.6 Å². The largest absolute Gasteiger partial charge is 3.00 e. The number of fused-ring (bicyclic) bond motifs is 2. The fourth-order valence-electron chi connectivity index (χ4n) is 3.77. The quantitative estimate of drug-likeness (QED) is 0.168. The minimum absolute atomic E-state index is 0. The van der Waals surface area contributed by atoms with E-state index in [1.165, 1.54) is 26.4 Å². The minimum atomic E-state index is -0.00815. The SMILES string of the molecule is CC(C)[N-]C([N-]C(C)C)c1ccccc1.[Ir+3].[c-]1cc2ccccc2cc1-c1nccc2sccc12. The molecule has 0 saturated carbocycles. The molecule has 0 radical (unpaired) electrons. The molecule has 0 amide bonds. The van der Waals surface area contributed by atoms with Crippen molar-refractivity contribution in [3.05, 3.63) is 113 Å². The van der Waals surface area contributed by atoms with Gasteiger partial charge in [0.05, 0.1) is 0 Å². The third-order valence-electron chi connectivity index (χ3n) is 5.29. The maximum Gasteiger partial charge on any atom is 3.00 e. The predicted octanol–water partition coefficient (Wildman–Crippen LogP) is 9.16. The number of rotatable bonds is 6. The third-order valence-corrected chi connectivity index (χ3v) is 6.17. The van der Waals surface area contributed by atoms with Crippen LogP contribution in [0.2, 0.25) is 0 Å². The van der Waals surface area contributed by atoms with Gasteiger partial charge in [-0.1, -0.05) is 99.3 Å². The summed E-state index contributed by atoms with van der Waals surface area (Å²) in [7, 11) is 0. The zero-order valence-electron chi connectivity index (χ0n) is 20.5. The molecule has 3 aromatic carbocycles. The molecule has 0 aliphatic rings. The first-order valence-electron chi connectivity index (χ1n) is 11.7. The molecule has 5 aromatic rings. The van der Waals surface area contributed by atoms with Gasteiger partial charge in [-0.2, -0.15) is 0 Å². The van der Waals surface area contributed by atoms with Crippen LogP contribution in [0, 0.1) is 6.07 Å². The summed E-state index contributed by atoms with van der Waals surface area (Å²) in [6, 6.07) is 31.0. The Labute approximate surface area is 226 Å². The molecule has 0 bridgehead atoms. The van der Waals surface area contributed by atoms with Crippen molar-refractivity contribution < 1.29 is 20.1 Å². The Morgan fingerprint density at radius 1 is 0.800 bits per heavy atom. The van der Waals surface area contributed by atoms with Gasteiger partial charge < -0.3 is 15.6 Å². The Kier molecular flexibility index (Phi) is 10.1. The summed E-state index contributed by atoms with van der Waals surface area (Å²) in [5.41, 5.74) is 3.26. The molecule has 0 fully saturated rings. The molecule has 0 atom stereocenters. The van der Waals surface area contributed by atoms with E-state index in [-0.39, 0.29) is 26.3 Å². The molecule has 5 heteroatoms. The fraction of sp³-hybridized carbons (Fsp3) is 0.233. The first-order valence-corrected chi connectivity index (χ1v) is 12.6. The zero-order chi connectivity index (χ0) is 23.9. The van der Waals surface area contributed by atoms with Crippen LogP contribution in [0.3, 0.4) is 0 Å². The Balaban J connectivity index is 0.000000197. The van der Waals surface area contributed by atoms with E-state index < -0.39 is 0 Å². The second-order valence-corrected chi connectivity index (χ2v) is 9.69. The average molecular weight is 657 g/mol. The molecule has 3 nitrogen and oxygen atoms in total. The van der Waals surface area contributed by atoms with Crippen molar-refractivity contribution in [2.75, 3.05) is 0 Å². The van der Waals surface area contributed by atoms with Crippen molar-refractivity contribution in [3.63, 3.8) is 0 Å². The Bertz CT molecular complexity index is 1320. The van der Waals surface area contributed by atoms with Crippen LogP contribution >= 0.6 is 11.3 Å². The van der Waals surface area contributed by atoms with Gasteiger partial charge in [0, 0.05) is 10.9 Å². The van der Waals surface area contributed by atoms with Crippen molar-refractivity contribution in [2.24, 2.45) is 0 Å². The second-order valence-electron chi connectivity index (χ2n) is 8.74. The van der Waals surface area contributed by atoms with E-state index in [9.17, 15) is 0 Å². The number of aromatic nitrogens is 1. The van der Waals surface area contributed by atoms with Crippen molar-refractivity contribution in [1.82, 2.24) is 4.98 Å². The molecule has 0 aliphatic heterocycles. The van der Waals surface area contributed by atoms with Crippen molar-refractivity contribution in [1.29, 1.82) is 0 Å². The van der Waals surface area contributed by atoms with Gasteiger partial charge in [0.15, 0.2) is 0 Å². The summed E-state index contributed by atoms with van der Waals surface area (Å²) in [6.45, 7) is 8.36. The molecule has 0 spiro atoms. The van der Waals surface area contributed by atoms with E-state index in [2.05, 4.69) is 103 Å². The monoisotopic (exact) mass is 657 g/mol. The van der Waals surface area contributed by atoms with Crippen LogP contribution in [-0.2, 0) is 20.1 Å². The average Bonchev–Trinajstić information content (AvgIpc) is 3.33. The van der Waals surface area contributed by atoms with Crippen molar-refractivity contribution in [3.8, 4) is 11.3 Å². The van der Waals surface area contributed by atoms with Gasteiger partial charge >= 0.3 is 20.1 Å². The van der Waals surface area contributed by atoms with Crippen LogP contribution in [0.1, 0.15) is 39.4 Å². The van der Waals surface area contributed by atoms with Gasteiger partial charge in [0.1, 0.15) is 0 Å². The fourth-order valence-corrected chi connectivity index (χ4v) is 4.55. The van der Waals surface area contributed by atoms with Crippen molar-refractivity contribution in [2.45, 2.75) is 45.9 Å². The number of benzene rings is 3. The van der Waals surface area contributed by atoms with Crippen LogP contribution < -0.4 is 0 Å². The number of thiophene rings is 1. The molecule has 180 valence electrons. The van der Waals surface area contributed by atoms with Gasteiger partial charge in [0.25, 0.3) is 0 Å². The second kappa shape index (κ2) is 13.1. The van der Waals surface area contributed by atoms with E-state index in [1.807, 2.05) is 36.5 Å². The number of hydrogen-bond acceptors (Lipinski definition) is 2. The van der Waals surface area contributed by atoms with Crippen LogP contribution in [0.5, 0.6) is 0 Å². The molecule has 0 aliphatic carbocycles. The van der Waals surface area contributed by atoms with E-state index >= 15 is 0 Å². The maximum absolute atomic E-state index is 4.62. The number of hydrogen-bond donors (Lipinski definition) is 0. The van der Waals surface area contributed by atoms with Crippen LogP contribution in [0.15, 0.2) is 90.4 Å². The van der Waals surface area contributed by atoms with E-state index in [4.69, 9.17) is 0 Å². The van der Waals surface area contributed by atoms with E-state index in [0.29, 0.717) is 12.1 Å². The molecule has 2 aromatic heterocycles. The predicted molar refractivity (Wildman–Crippen MR) is 148 cm³/mol. The molecular formula is C30H30IrN3S. The van der Waals surface area contributed by atoms with Gasteiger partial charge in [-0.25, -0.2) is 6.17 Å². The van der Waals surface area contributed by atoms with Gasteiger partial charge in [0.2, 0.25) is 0 Å². The smallest absolute Gasteiger partial charge is 0.672 e. The molecule has 0 unspecified atom stereocenters. The molecule has 2 heterocycles. The summed E-state index contributed by atoms with van der Waals surface area (Å²) < 4.78 is 1.27. The first kappa shape index (κ1) is 27.2. The Hall–Kier alpha value is -2.40. The summed E-state index contributed by atoms with van der Waals surface area (Å²) >= 11 is 1.75. The van der Waals surface area contributed by atoms with Gasteiger partial charge in [-0.3, -0.25) is 0 Å². The molecule has 0 saturated heterocycles. The summed E-state index contributed by atoms with van der Waals surface area (Å²) in [5, 5.41) is 15.0. The maximum atomic E-state index is 4.62. The van der Waals surface area contributed by atoms with Crippen molar-refractivity contribution >= 4 is 32.2 Å². The summed E-state index contributed by atoms with van der Waals surface area (Å²) in [6.07, 6.45) is 1.86. The normalized spacial score (nSPS) is 11.1. The van der Waals surface area contributed by atoms with Gasteiger partial charge in [-0.05, 0) is 22.5 Å². The Morgan fingerprint density at radius 3 is 2.14 bits per heavy atom. The van der Waals surface area contributed by atoms with Crippen LogP contribution in [0.4, 0.5) is 0 Å². The topological polar surface area (TPSA) is 41.1 Å². The minimum Gasteiger partial charge on any atom is -0.672 e. The van der Waals surface area contributed by atoms with E-state index in [0.717, 1.165) is 11.3 Å². The molecule has 35 heavy (non-hydrogen) atoms. The number of pyridine rings is 1. The molecule has 0 N–H and O–H groups in total. The third kappa shape index (κ3) is 7.30. The summed E-state index contributed by atoms with van der Waals surface area (Å²) in [5.74, 6) is 0.